The van der Waals surface area contributed by atoms with Crippen molar-refractivity contribution in [2.24, 2.45) is 0 Å². The minimum Gasteiger partial charge on any atom is -0.496 e. The lowest BCUT2D eigenvalue weighted by Crippen LogP contribution is -2.09. The highest BCUT2D eigenvalue weighted by atomic mass is 16.5. The van der Waals surface area contributed by atoms with Gasteiger partial charge in [-0.05, 0) is 31.9 Å². The van der Waals surface area contributed by atoms with Crippen LogP contribution in [0.2, 0.25) is 0 Å². The molecule has 6 heteroatoms. The second-order valence-electron chi connectivity index (χ2n) is 5.71. The molecule has 24 heavy (non-hydrogen) atoms. The Hall–Kier alpha value is -2.76. The van der Waals surface area contributed by atoms with Crippen molar-refractivity contribution in [1.82, 2.24) is 4.98 Å². The molecule has 6 nitrogen and oxygen atoms in total. The van der Waals surface area contributed by atoms with E-state index in [9.17, 15) is 9.59 Å². The van der Waals surface area contributed by atoms with Crippen molar-refractivity contribution in [2.75, 3.05) is 19.5 Å². The zero-order chi connectivity index (χ0) is 17.9. The highest BCUT2D eigenvalue weighted by Crippen LogP contribution is 2.37. The third kappa shape index (κ3) is 3.59. The number of fused-ring (bicyclic) bond motifs is 1. The number of nitrogens with one attached hydrogen (secondary N) is 2. The number of amides is 1. The molecule has 0 saturated heterocycles. The van der Waals surface area contributed by atoms with E-state index in [0.29, 0.717) is 29.1 Å². The summed E-state index contributed by atoms with van der Waals surface area (Å²) in [6.07, 6.45) is 1.44. The molecular weight excluding hydrogens is 308 g/mol. The second kappa shape index (κ2) is 7.21. The lowest BCUT2D eigenvalue weighted by atomic mass is 10.0. The largest absolute Gasteiger partial charge is 0.496 e. The first-order valence-corrected chi connectivity index (χ1v) is 7.60. The van der Waals surface area contributed by atoms with Gasteiger partial charge in [0.2, 0.25) is 5.91 Å². The lowest BCUT2D eigenvalue weighted by Gasteiger charge is -2.15. The molecule has 0 saturated carbocycles. The first-order chi connectivity index (χ1) is 11.4. The molecule has 0 atom stereocenters. The van der Waals surface area contributed by atoms with E-state index in [-0.39, 0.29) is 5.91 Å². The van der Waals surface area contributed by atoms with Crippen molar-refractivity contribution in [1.29, 1.82) is 0 Å². The number of carbonyl (C=O) groups excluding carboxylic acids is 2. The molecule has 2 rings (SSSR count). The maximum Gasteiger partial charge on any atom is 0.354 e. The van der Waals surface area contributed by atoms with Gasteiger partial charge in [0.15, 0.2) is 0 Å². The van der Waals surface area contributed by atoms with Gasteiger partial charge in [-0.25, -0.2) is 4.79 Å². The van der Waals surface area contributed by atoms with Crippen LogP contribution in [0.25, 0.3) is 10.9 Å². The van der Waals surface area contributed by atoms with E-state index in [4.69, 9.17) is 9.47 Å². The smallest absolute Gasteiger partial charge is 0.354 e. The van der Waals surface area contributed by atoms with Crippen LogP contribution in [0, 0.1) is 0 Å². The first kappa shape index (κ1) is 17.6. The Morgan fingerprint density at radius 3 is 2.50 bits per heavy atom. The van der Waals surface area contributed by atoms with Gasteiger partial charge in [-0.15, -0.1) is 6.58 Å². The van der Waals surface area contributed by atoms with Gasteiger partial charge in [0.05, 0.1) is 19.7 Å². The van der Waals surface area contributed by atoms with E-state index in [1.54, 1.807) is 19.2 Å². The van der Waals surface area contributed by atoms with Crippen LogP contribution in [-0.2, 0) is 16.0 Å². The van der Waals surface area contributed by atoms with Crippen LogP contribution in [0.3, 0.4) is 0 Å². The topological polar surface area (TPSA) is 80.4 Å². The van der Waals surface area contributed by atoms with Gasteiger partial charge in [-0.1, -0.05) is 5.57 Å². The summed E-state index contributed by atoms with van der Waals surface area (Å²) in [7, 11) is 2.90. The average molecular weight is 330 g/mol. The molecule has 0 fully saturated rings. The summed E-state index contributed by atoms with van der Waals surface area (Å²) in [6, 6.07) is 3.50. The third-order valence-electron chi connectivity index (χ3n) is 3.70. The lowest BCUT2D eigenvalue weighted by molar-refractivity contribution is -0.114. The van der Waals surface area contributed by atoms with Crippen LogP contribution in [0.1, 0.15) is 36.3 Å². The maximum atomic E-state index is 11.8. The molecule has 0 radical (unpaired) electrons. The minimum atomic E-state index is -0.460. The third-order valence-corrected chi connectivity index (χ3v) is 3.70. The molecular formula is C18H22N2O4. The fourth-order valence-corrected chi connectivity index (χ4v) is 2.63. The summed E-state index contributed by atoms with van der Waals surface area (Å²) in [6.45, 7) is 7.33. The Bertz CT molecular complexity index is 805. The number of methoxy groups -OCH3 is 2. The van der Waals surface area contributed by atoms with Gasteiger partial charge in [-0.2, -0.15) is 0 Å². The van der Waals surface area contributed by atoms with Gasteiger partial charge in [0, 0.05) is 23.6 Å². The van der Waals surface area contributed by atoms with Gasteiger partial charge < -0.3 is 19.8 Å². The summed E-state index contributed by atoms with van der Waals surface area (Å²) < 4.78 is 10.3. The number of carbonyl (C=O) groups is 2. The molecule has 128 valence electrons. The van der Waals surface area contributed by atoms with Gasteiger partial charge in [-0.3, -0.25) is 4.79 Å². The Kier molecular flexibility index (Phi) is 5.28. The quantitative estimate of drug-likeness (QED) is 0.628. The fourth-order valence-electron chi connectivity index (χ4n) is 2.63. The number of hydrogen-bond acceptors (Lipinski definition) is 4. The molecule has 0 aliphatic carbocycles. The number of H-pyrrole nitrogens is 1. The number of aromatic amines is 1. The molecule has 1 heterocycles. The summed E-state index contributed by atoms with van der Waals surface area (Å²) >= 11 is 0. The monoisotopic (exact) mass is 330 g/mol. The Balaban J connectivity index is 2.65. The van der Waals surface area contributed by atoms with Crippen LogP contribution in [-0.4, -0.2) is 31.1 Å². The number of allylic oxidation sites excluding steroid dienone is 1. The Morgan fingerprint density at radius 1 is 1.25 bits per heavy atom. The number of hydrogen-bond donors (Lipinski definition) is 2. The standard InChI is InChI=1S/C18H22N2O4/c1-10(2)6-7-12-14(19-11(3)21)9-15-13(17(12)23-4)8-16(20-15)18(22)24-5/h8-9,20H,1,6-7H2,2-5H3,(H,19,21). The molecule has 0 aliphatic heterocycles. The highest BCUT2D eigenvalue weighted by molar-refractivity contribution is 6.01. The SMILES string of the molecule is C=C(C)CCc1c(NC(C)=O)cc2[nH]c(C(=O)OC)cc2c1OC. The summed E-state index contributed by atoms with van der Waals surface area (Å²) in [5.74, 6) is -0.00514. The van der Waals surface area contributed by atoms with E-state index >= 15 is 0 Å². The van der Waals surface area contributed by atoms with Crippen molar-refractivity contribution < 1.29 is 19.1 Å². The first-order valence-electron chi connectivity index (χ1n) is 7.60. The van der Waals surface area contributed by atoms with E-state index in [1.807, 2.05) is 6.92 Å². The van der Waals surface area contributed by atoms with Crippen LogP contribution in [0.4, 0.5) is 5.69 Å². The molecule has 0 bridgehead atoms. The Labute approximate surface area is 140 Å². The summed E-state index contributed by atoms with van der Waals surface area (Å²) in [5, 5.41) is 3.60. The number of esters is 1. The zero-order valence-corrected chi connectivity index (χ0v) is 14.4. The highest BCUT2D eigenvalue weighted by Gasteiger charge is 2.19. The predicted octanol–water partition coefficient (Wildman–Crippen LogP) is 3.43. The summed E-state index contributed by atoms with van der Waals surface area (Å²) in [5.41, 5.74) is 3.59. The number of rotatable bonds is 6. The molecule has 1 amide bonds. The van der Waals surface area contributed by atoms with Crippen molar-refractivity contribution in [3.8, 4) is 5.75 Å². The molecule has 2 aromatic rings. The van der Waals surface area contributed by atoms with Crippen molar-refractivity contribution >= 4 is 28.5 Å². The Morgan fingerprint density at radius 2 is 1.96 bits per heavy atom. The molecule has 0 aliphatic rings. The molecule has 2 N–H and O–H groups in total. The maximum absolute atomic E-state index is 11.8. The molecule has 0 unspecified atom stereocenters. The van der Waals surface area contributed by atoms with Gasteiger partial charge >= 0.3 is 5.97 Å². The molecule has 1 aromatic carbocycles. The van der Waals surface area contributed by atoms with E-state index in [1.165, 1.54) is 14.0 Å². The normalized spacial score (nSPS) is 10.5. The van der Waals surface area contributed by atoms with E-state index in [0.717, 1.165) is 22.9 Å². The summed E-state index contributed by atoms with van der Waals surface area (Å²) in [4.78, 5) is 26.3. The fraction of sp³-hybridized carbons (Fsp3) is 0.333. The predicted molar refractivity (Wildman–Crippen MR) is 93.6 cm³/mol. The van der Waals surface area contributed by atoms with Crippen LogP contribution in [0.5, 0.6) is 5.75 Å². The number of anilines is 1. The van der Waals surface area contributed by atoms with Gasteiger partial charge in [0.25, 0.3) is 0 Å². The van der Waals surface area contributed by atoms with E-state index < -0.39 is 5.97 Å². The minimum absolute atomic E-state index is 0.173. The van der Waals surface area contributed by atoms with Crippen molar-refractivity contribution in [3.63, 3.8) is 0 Å². The van der Waals surface area contributed by atoms with Crippen LogP contribution >= 0.6 is 0 Å². The number of aromatic nitrogens is 1. The van der Waals surface area contributed by atoms with Crippen molar-refractivity contribution in [3.05, 3.63) is 35.5 Å². The average Bonchev–Trinajstić information content (AvgIpc) is 2.94. The molecule has 1 aromatic heterocycles. The van der Waals surface area contributed by atoms with Crippen LogP contribution in [0.15, 0.2) is 24.3 Å². The van der Waals surface area contributed by atoms with E-state index in [2.05, 4.69) is 16.9 Å². The van der Waals surface area contributed by atoms with Crippen molar-refractivity contribution in [2.45, 2.75) is 26.7 Å². The number of benzene rings is 1. The van der Waals surface area contributed by atoms with Crippen LogP contribution < -0.4 is 10.1 Å². The molecule has 0 spiro atoms. The number of ether oxygens (including phenoxy) is 2. The zero-order valence-electron chi connectivity index (χ0n) is 14.4. The van der Waals surface area contributed by atoms with Gasteiger partial charge in [0.1, 0.15) is 11.4 Å². The second-order valence-corrected chi connectivity index (χ2v) is 5.71.